The van der Waals surface area contributed by atoms with Gasteiger partial charge in [0, 0.05) is 41.4 Å². The Hall–Kier alpha value is -0.270. The third-order valence-electron chi connectivity index (χ3n) is 3.32. The second kappa shape index (κ2) is 11.3. The lowest BCUT2D eigenvalue weighted by molar-refractivity contribution is -0.121. The summed E-state index contributed by atoms with van der Waals surface area (Å²) in [5, 5.41) is 1.64. The molecular weight excluding hydrogens is 346 g/mol. The van der Waals surface area contributed by atoms with Gasteiger partial charge in [-0.05, 0) is 25.8 Å². The monoisotopic (exact) mass is 374 g/mol. The summed E-state index contributed by atoms with van der Waals surface area (Å²) in [6.45, 7) is 0.784. The van der Waals surface area contributed by atoms with Crippen LogP contribution in [0.2, 0.25) is 0 Å². The molecule has 0 aromatic carbocycles. The minimum atomic E-state index is -3.67. The molecule has 1 amide bonds. The molecule has 0 saturated carbocycles. The zero-order chi connectivity index (χ0) is 17.9. The van der Waals surface area contributed by atoms with E-state index in [1.165, 1.54) is 28.4 Å². The van der Waals surface area contributed by atoms with Crippen molar-refractivity contribution in [1.82, 2.24) is 5.32 Å². The number of hydrogen-bond acceptors (Lipinski definition) is 8. The van der Waals surface area contributed by atoms with E-state index in [0.717, 1.165) is 0 Å². The van der Waals surface area contributed by atoms with Crippen LogP contribution in [0.1, 0.15) is 25.7 Å². The summed E-state index contributed by atoms with van der Waals surface area (Å²) in [5.41, 5.74) is 5.33. The molecule has 0 spiro atoms. The fraction of sp³-hybridized carbons (Fsp3) is 0.917. The molecule has 0 saturated heterocycles. The number of amides is 1. The highest BCUT2D eigenvalue weighted by Gasteiger charge is 2.48. The minimum Gasteiger partial charge on any atom is -0.356 e. The SMILES string of the molecule is COP(=O)(OC)C(CCCNC(=O)CCCN)P(=O)(OC)OC. The molecule has 0 aromatic heterocycles. The summed E-state index contributed by atoms with van der Waals surface area (Å²) < 4.78 is 44.9. The van der Waals surface area contributed by atoms with Gasteiger partial charge in [-0.3, -0.25) is 13.9 Å². The molecule has 0 bridgehead atoms. The summed E-state index contributed by atoms with van der Waals surface area (Å²) in [7, 11) is -2.50. The molecule has 0 aliphatic rings. The van der Waals surface area contributed by atoms with Crippen LogP contribution in [0, 0.1) is 0 Å². The van der Waals surface area contributed by atoms with E-state index in [-0.39, 0.29) is 12.3 Å². The van der Waals surface area contributed by atoms with E-state index >= 15 is 0 Å². The number of nitrogens with one attached hydrogen (secondary N) is 1. The molecule has 23 heavy (non-hydrogen) atoms. The lowest BCUT2D eigenvalue weighted by atomic mass is 10.3. The molecule has 0 aliphatic heterocycles. The highest BCUT2D eigenvalue weighted by Crippen LogP contribution is 2.70. The molecule has 138 valence electrons. The normalized spacial score (nSPS) is 12.6. The van der Waals surface area contributed by atoms with Crippen LogP contribution >= 0.6 is 15.2 Å². The topological polar surface area (TPSA) is 126 Å². The van der Waals surface area contributed by atoms with Crippen molar-refractivity contribution < 1.29 is 32.0 Å². The largest absolute Gasteiger partial charge is 0.356 e. The molecule has 0 heterocycles. The van der Waals surface area contributed by atoms with Crippen LogP contribution in [-0.2, 0) is 32.0 Å². The van der Waals surface area contributed by atoms with Crippen LogP contribution < -0.4 is 11.1 Å². The second-order valence-corrected chi connectivity index (χ2v) is 9.95. The predicted octanol–water partition coefficient (Wildman–Crippen LogP) is 1.92. The third-order valence-corrected chi connectivity index (χ3v) is 9.03. The number of carbonyl (C=O) groups is 1. The predicted molar refractivity (Wildman–Crippen MR) is 87.6 cm³/mol. The van der Waals surface area contributed by atoms with E-state index in [9.17, 15) is 13.9 Å². The van der Waals surface area contributed by atoms with Gasteiger partial charge >= 0.3 is 15.2 Å². The first-order valence-corrected chi connectivity index (χ1v) is 10.4. The maximum Gasteiger partial charge on any atom is 0.345 e. The Labute approximate surface area is 137 Å². The molecule has 0 aliphatic carbocycles. The van der Waals surface area contributed by atoms with Gasteiger partial charge in [-0.2, -0.15) is 0 Å². The Morgan fingerprint density at radius 2 is 1.48 bits per heavy atom. The van der Waals surface area contributed by atoms with Crippen molar-refractivity contribution in [2.45, 2.75) is 31.1 Å². The van der Waals surface area contributed by atoms with Gasteiger partial charge in [-0.1, -0.05) is 0 Å². The lowest BCUT2D eigenvalue weighted by Gasteiger charge is -2.28. The van der Waals surface area contributed by atoms with E-state index in [2.05, 4.69) is 5.32 Å². The zero-order valence-corrected chi connectivity index (χ0v) is 15.9. The summed E-state index contributed by atoms with van der Waals surface area (Å²) >= 11 is 0. The van der Waals surface area contributed by atoms with Gasteiger partial charge in [0.1, 0.15) is 0 Å². The van der Waals surface area contributed by atoms with E-state index in [0.29, 0.717) is 32.4 Å². The molecule has 0 atom stereocenters. The highest BCUT2D eigenvalue weighted by atomic mass is 31.2. The van der Waals surface area contributed by atoms with Gasteiger partial charge in [0.05, 0.1) is 0 Å². The second-order valence-electron chi connectivity index (χ2n) is 4.67. The fourth-order valence-corrected chi connectivity index (χ4v) is 6.77. The maximum absolute atomic E-state index is 12.6. The molecule has 0 rings (SSSR count). The Morgan fingerprint density at radius 1 is 1.00 bits per heavy atom. The van der Waals surface area contributed by atoms with Crippen LogP contribution in [-0.4, -0.2) is 52.8 Å². The minimum absolute atomic E-state index is 0.115. The standard InChI is InChI=1S/C12H28N2O7P2/c1-18-22(16,19-2)12(23(17,20-3)21-4)8-6-10-14-11(15)7-5-9-13/h12H,5-10,13H2,1-4H3,(H,14,15). The van der Waals surface area contributed by atoms with Gasteiger partial charge in [0.15, 0.2) is 5.40 Å². The van der Waals surface area contributed by atoms with Crippen LogP contribution in [0.25, 0.3) is 0 Å². The molecule has 0 unspecified atom stereocenters. The van der Waals surface area contributed by atoms with Crippen molar-refractivity contribution in [3.8, 4) is 0 Å². The Balaban J connectivity index is 4.77. The molecule has 3 N–H and O–H groups in total. The first-order valence-electron chi connectivity index (χ1n) is 7.22. The molecule has 0 radical (unpaired) electrons. The van der Waals surface area contributed by atoms with Gasteiger partial charge in [0.2, 0.25) is 5.91 Å². The summed E-state index contributed by atoms with van der Waals surface area (Å²) in [6.07, 6.45) is 1.55. The summed E-state index contributed by atoms with van der Waals surface area (Å²) in [5.74, 6) is -0.115. The average Bonchev–Trinajstić information content (AvgIpc) is 2.58. The lowest BCUT2D eigenvalue weighted by Crippen LogP contribution is -2.26. The van der Waals surface area contributed by atoms with Gasteiger partial charge in [-0.15, -0.1) is 0 Å². The molecule has 11 heteroatoms. The van der Waals surface area contributed by atoms with Gasteiger partial charge in [0.25, 0.3) is 0 Å². The van der Waals surface area contributed by atoms with Crippen molar-refractivity contribution in [2.24, 2.45) is 5.73 Å². The van der Waals surface area contributed by atoms with E-state index < -0.39 is 20.6 Å². The van der Waals surface area contributed by atoms with Crippen molar-refractivity contribution in [1.29, 1.82) is 0 Å². The zero-order valence-electron chi connectivity index (χ0n) is 14.1. The van der Waals surface area contributed by atoms with Crippen molar-refractivity contribution in [3.63, 3.8) is 0 Å². The fourth-order valence-electron chi connectivity index (χ4n) is 1.99. The molecule has 9 nitrogen and oxygen atoms in total. The van der Waals surface area contributed by atoms with Crippen molar-refractivity contribution in [2.75, 3.05) is 41.5 Å². The molecular formula is C12H28N2O7P2. The van der Waals surface area contributed by atoms with Crippen LogP contribution in [0.5, 0.6) is 0 Å². The van der Waals surface area contributed by atoms with E-state index in [1.54, 1.807) is 0 Å². The van der Waals surface area contributed by atoms with Crippen LogP contribution in [0.4, 0.5) is 0 Å². The quantitative estimate of drug-likeness (QED) is 0.370. The maximum atomic E-state index is 12.6. The Bertz CT molecular complexity index is 405. The van der Waals surface area contributed by atoms with Gasteiger partial charge in [-0.25, -0.2) is 0 Å². The number of carbonyl (C=O) groups excluding carboxylic acids is 1. The van der Waals surface area contributed by atoms with Gasteiger partial charge < -0.3 is 29.1 Å². The first-order chi connectivity index (χ1) is 10.8. The molecule has 0 fully saturated rings. The highest BCUT2D eigenvalue weighted by molar-refractivity contribution is 7.72. The summed E-state index contributed by atoms with van der Waals surface area (Å²) in [4.78, 5) is 11.5. The summed E-state index contributed by atoms with van der Waals surface area (Å²) in [6, 6.07) is 0. The smallest absolute Gasteiger partial charge is 0.345 e. The average molecular weight is 374 g/mol. The molecule has 0 aromatic rings. The number of rotatable bonds is 13. The van der Waals surface area contributed by atoms with Crippen molar-refractivity contribution >= 4 is 21.1 Å². The number of hydrogen-bond donors (Lipinski definition) is 2. The van der Waals surface area contributed by atoms with Crippen molar-refractivity contribution in [3.05, 3.63) is 0 Å². The Kier molecular flexibility index (Phi) is 11.2. The van der Waals surface area contributed by atoms with E-state index in [1.807, 2.05) is 0 Å². The number of nitrogens with two attached hydrogens (primary N) is 1. The van der Waals surface area contributed by atoms with Crippen LogP contribution in [0.3, 0.4) is 0 Å². The first kappa shape index (κ1) is 22.7. The van der Waals surface area contributed by atoms with E-state index in [4.69, 9.17) is 23.8 Å². The van der Waals surface area contributed by atoms with Crippen LogP contribution in [0.15, 0.2) is 0 Å². The Morgan fingerprint density at radius 3 is 1.87 bits per heavy atom. The third kappa shape index (κ3) is 7.01.